The van der Waals surface area contributed by atoms with Gasteiger partial charge in [0.1, 0.15) is 5.75 Å². The summed E-state index contributed by atoms with van der Waals surface area (Å²) in [5.41, 5.74) is 8.13. The molecule has 1 aromatic carbocycles. The van der Waals surface area contributed by atoms with Crippen molar-refractivity contribution in [2.24, 2.45) is 11.7 Å². The maximum absolute atomic E-state index is 9.38. The molecule has 3 N–H and O–H groups in total. The lowest BCUT2D eigenvalue weighted by atomic mass is 10.00. The van der Waals surface area contributed by atoms with Crippen molar-refractivity contribution in [1.82, 2.24) is 0 Å². The number of hydrogen-bond acceptors (Lipinski definition) is 2. The third kappa shape index (κ3) is 2.07. The maximum atomic E-state index is 9.38. The van der Waals surface area contributed by atoms with Crippen LogP contribution in [0.2, 0.25) is 0 Å². The molecule has 1 aromatic rings. The van der Waals surface area contributed by atoms with Crippen molar-refractivity contribution in [3.05, 3.63) is 29.3 Å². The first kappa shape index (κ1) is 9.53. The highest BCUT2D eigenvalue weighted by Gasteiger charge is 2.24. The molecule has 0 aromatic heterocycles. The molecule has 1 unspecified atom stereocenters. The Bertz CT molecular complexity index is 331. The topological polar surface area (TPSA) is 46.2 Å². The fraction of sp³-hybridized carbons (Fsp3) is 0.500. The van der Waals surface area contributed by atoms with E-state index in [1.807, 2.05) is 19.1 Å². The number of aromatic hydroxyl groups is 1. The predicted molar refractivity (Wildman–Crippen MR) is 57.1 cm³/mol. The summed E-state index contributed by atoms with van der Waals surface area (Å²) in [5, 5.41) is 9.38. The summed E-state index contributed by atoms with van der Waals surface area (Å²) >= 11 is 0. The molecule has 0 heterocycles. The molecular weight excluding hydrogens is 174 g/mol. The molecule has 1 atom stereocenters. The number of hydrogen-bond donors (Lipinski definition) is 2. The number of benzene rings is 1. The Labute approximate surface area is 84.7 Å². The molecule has 2 nitrogen and oxygen atoms in total. The van der Waals surface area contributed by atoms with Crippen molar-refractivity contribution in [3.63, 3.8) is 0 Å². The highest BCUT2D eigenvalue weighted by molar-refractivity contribution is 5.36. The zero-order valence-corrected chi connectivity index (χ0v) is 8.53. The van der Waals surface area contributed by atoms with Gasteiger partial charge in [-0.1, -0.05) is 25.0 Å². The summed E-state index contributed by atoms with van der Waals surface area (Å²) in [6.07, 6.45) is 3.76. The average molecular weight is 191 g/mol. The van der Waals surface area contributed by atoms with E-state index in [0.29, 0.717) is 5.75 Å². The Morgan fingerprint density at radius 1 is 1.50 bits per heavy atom. The lowest BCUT2D eigenvalue weighted by molar-refractivity contribution is 0.470. The van der Waals surface area contributed by atoms with E-state index in [2.05, 4.69) is 0 Å². The van der Waals surface area contributed by atoms with E-state index in [1.54, 1.807) is 6.07 Å². The first-order valence-corrected chi connectivity index (χ1v) is 5.22. The van der Waals surface area contributed by atoms with Crippen LogP contribution in [0.1, 0.15) is 36.4 Å². The summed E-state index contributed by atoms with van der Waals surface area (Å²) in [7, 11) is 0. The average Bonchev–Trinajstić information content (AvgIpc) is 2.93. The predicted octanol–water partition coefficient (Wildman–Crippen LogP) is 2.50. The fourth-order valence-electron chi connectivity index (χ4n) is 1.76. The Morgan fingerprint density at radius 2 is 2.21 bits per heavy atom. The third-order valence-electron chi connectivity index (χ3n) is 2.93. The van der Waals surface area contributed by atoms with Crippen molar-refractivity contribution in [1.29, 1.82) is 0 Å². The molecule has 0 aliphatic heterocycles. The SMILES string of the molecule is Cc1cc(C(N)CC2CC2)ccc1O. The smallest absolute Gasteiger partial charge is 0.118 e. The van der Waals surface area contributed by atoms with Crippen LogP contribution in [0.4, 0.5) is 0 Å². The van der Waals surface area contributed by atoms with E-state index in [9.17, 15) is 5.11 Å². The molecule has 14 heavy (non-hydrogen) atoms. The van der Waals surface area contributed by atoms with E-state index in [-0.39, 0.29) is 6.04 Å². The van der Waals surface area contributed by atoms with Gasteiger partial charge in [-0.05, 0) is 36.5 Å². The van der Waals surface area contributed by atoms with Gasteiger partial charge in [-0.3, -0.25) is 0 Å². The molecule has 1 aliphatic rings. The van der Waals surface area contributed by atoms with Crippen molar-refractivity contribution in [2.45, 2.75) is 32.2 Å². The molecule has 1 aliphatic carbocycles. The largest absolute Gasteiger partial charge is 0.508 e. The summed E-state index contributed by atoms with van der Waals surface area (Å²) in [5.74, 6) is 1.20. The Morgan fingerprint density at radius 3 is 2.79 bits per heavy atom. The molecular formula is C12H17NO. The number of phenolic OH excluding ortho intramolecular Hbond substituents is 1. The first-order valence-electron chi connectivity index (χ1n) is 5.22. The molecule has 1 saturated carbocycles. The molecule has 0 saturated heterocycles. The van der Waals surface area contributed by atoms with E-state index >= 15 is 0 Å². The molecule has 1 fully saturated rings. The summed E-state index contributed by atoms with van der Waals surface area (Å²) < 4.78 is 0. The van der Waals surface area contributed by atoms with E-state index in [0.717, 1.165) is 23.5 Å². The fourth-order valence-corrected chi connectivity index (χ4v) is 1.76. The van der Waals surface area contributed by atoms with Gasteiger partial charge in [0.05, 0.1) is 0 Å². The normalized spacial score (nSPS) is 18.1. The van der Waals surface area contributed by atoms with Crippen LogP contribution in [0.15, 0.2) is 18.2 Å². The van der Waals surface area contributed by atoms with Crippen LogP contribution in [0.3, 0.4) is 0 Å². The van der Waals surface area contributed by atoms with Crippen molar-refractivity contribution >= 4 is 0 Å². The van der Waals surface area contributed by atoms with Crippen LogP contribution in [-0.2, 0) is 0 Å². The van der Waals surface area contributed by atoms with Crippen LogP contribution in [0, 0.1) is 12.8 Å². The molecule has 2 heteroatoms. The maximum Gasteiger partial charge on any atom is 0.118 e. The van der Waals surface area contributed by atoms with E-state index in [4.69, 9.17) is 5.73 Å². The minimum absolute atomic E-state index is 0.141. The standard InChI is InChI=1S/C12H17NO/c1-8-6-10(4-5-12(8)14)11(13)7-9-2-3-9/h4-6,9,11,14H,2-3,7,13H2,1H3. The lowest BCUT2D eigenvalue weighted by Crippen LogP contribution is -2.10. The minimum atomic E-state index is 0.141. The van der Waals surface area contributed by atoms with Crippen molar-refractivity contribution < 1.29 is 5.11 Å². The zero-order chi connectivity index (χ0) is 10.1. The molecule has 0 amide bonds. The quantitative estimate of drug-likeness (QED) is 0.771. The molecule has 0 spiro atoms. The summed E-state index contributed by atoms with van der Waals surface area (Å²) in [6.45, 7) is 1.91. The molecule has 76 valence electrons. The number of aryl methyl sites for hydroxylation is 1. The molecule has 0 radical (unpaired) electrons. The molecule has 0 bridgehead atoms. The van der Waals surface area contributed by atoms with Gasteiger partial charge in [-0.2, -0.15) is 0 Å². The summed E-state index contributed by atoms with van der Waals surface area (Å²) in [4.78, 5) is 0. The van der Waals surface area contributed by atoms with Gasteiger partial charge in [0.2, 0.25) is 0 Å². The second-order valence-corrected chi connectivity index (χ2v) is 4.33. The highest BCUT2D eigenvalue weighted by Crippen LogP contribution is 2.37. The minimum Gasteiger partial charge on any atom is -0.508 e. The zero-order valence-electron chi connectivity index (χ0n) is 8.53. The van der Waals surface area contributed by atoms with Gasteiger partial charge in [-0.15, -0.1) is 0 Å². The first-order chi connectivity index (χ1) is 6.66. The van der Waals surface area contributed by atoms with Crippen LogP contribution >= 0.6 is 0 Å². The Kier molecular flexibility index (Phi) is 2.46. The van der Waals surface area contributed by atoms with Gasteiger partial charge in [0, 0.05) is 6.04 Å². The van der Waals surface area contributed by atoms with Gasteiger partial charge >= 0.3 is 0 Å². The van der Waals surface area contributed by atoms with Crippen LogP contribution in [-0.4, -0.2) is 5.11 Å². The van der Waals surface area contributed by atoms with E-state index in [1.165, 1.54) is 12.8 Å². The van der Waals surface area contributed by atoms with Crippen molar-refractivity contribution in [3.8, 4) is 5.75 Å². The lowest BCUT2D eigenvalue weighted by Gasteiger charge is -2.12. The third-order valence-corrected chi connectivity index (χ3v) is 2.93. The number of nitrogens with two attached hydrogens (primary N) is 1. The van der Waals surface area contributed by atoms with Crippen LogP contribution in [0.25, 0.3) is 0 Å². The number of phenols is 1. The van der Waals surface area contributed by atoms with Gasteiger partial charge < -0.3 is 10.8 Å². The van der Waals surface area contributed by atoms with Gasteiger partial charge in [-0.25, -0.2) is 0 Å². The van der Waals surface area contributed by atoms with E-state index < -0.39 is 0 Å². The monoisotopic (exact) mass is 191 g/mol. The highest BCUT2D eigenvalue weighted by atomic mass is 16.3. The van der Waals surface area contributed by atoms with Crippen LogP contribution in [0.5, 0.6) is 5.75 Å². The number of rotatable bonds is 3. The Balaban J connectivity index is 2.10. The van der Waals surface area contributed by atoms with Crippen LogP contribution < -0.4 is 5.73 Å². The van der Waals surface area contributed by atoms with Crippen molar-refractivity contribution in [2.75, 3.05) is 0 Å². The van der Waals surface area contributed by atoms with Gasteiger partial charge in [0.25, 0.3) is 0 Å². The second-order valence-electron chi connectivity index (χ2n) is 4.33. The summed E-state index contributed by atoms with van der Waals surface area (Å²) in [6, 6.07) is 5.79. The van der Waals surface area contributed by atoms with Gasteiger partial charge in [0.15, 0.2) is 0 Å². The molecule has 2 rings (SSSR count). The second kappa shape index (κ2) is 3.62. The Hall–Kier alpha value is -1.02.